The van der Waals surface area contributed by atoms with Crippen LogP contribution in [0.5, 0.6) is 0 Å². The monoisotopic (exact) mass is 263 g/mol. The molecule has 1 aromatic carbocycles. The van der Waals surface area contributed by atoms with Gasteiger partial charge < -0.3 is 5.32 Å². The average molecular weight is 263 g/mol. The zero-order valence-electron chi connectivity index (χ0n) is 10.6. The van der Waals surface area contributed by atoms with Crippen LogP contribution in [0.1, 0.15) is 30.2 Å². The van der Waals surface area contributed by atoms with E-state index in [1.54, 1.807) is 17.4 Å². The molecule has 1 atom stereocenters. The van der Waals surface area contributed by atoms with Gasteiger partial charge in [-0.05, 0) is 56.0 Å². The lowest BCUT2D eigenvalue weighted by Crippen LogP contribution is -2.14. The highest BCUT2D eigenvalue weighted by molar-refractivity contribution is 7.19. The second kappa shape index (κ2) is 6.12. The Morgan fingerprint density at radius 2 is 2.28 bits per heavy atom. The van der Waals surface area contributed by atoms with E-state index in [-0.39, 0.29) is 5.82 Å². The van der Waals surface area contributed by atoms with Crippen LogP contribution in [0.3, 0.4) is 0 Å². The lowest BCUT2D eigenvalue weighted by atomic mass is 10.1. The van der Waals surface area contributed by atoms with E-state index in [9.17, 15) is 4.39 Å². The lowest BCUT2D eigenvalue weighted by Gasteiger charge is -2.13. The molecule has 1 N–H and O–H groups in total. The molecule has 18 heavy (non-hydrogen) atoms. The van der Waals surface area contributed by atoms with E-state index >= 15 is 0 Å². The number of hydrogen-bond donors (Lipinski definition) is 1. The predicted molar refractivity (Wildman–Crippen MR) is 77.6 cm³/mol. The van der Waals surface area contributed by atoms with Crippen LogP contribution >= 0.6 is 11.3 Å². The molecule has 0 saturated heterocycles. The highest BCUT2D eigenvalue weighted by Crippen LogP contribution is 2.32. The van der Waals surface area contributed by atoms with Crippen molar-refractivity contribution in [2.45, 2.75) is 25.3 Å². The largest absolute Gasteiger partial charge is 0.312 e. The molecule has 0 aliphatic heterocycles. The molecule has 1 aromatic heterocycles. The van der Waals surface area contributed by atoms with Gasteiger partial charge in [0, 0.05) is 15.6 Å². The van der Waals surface area contributed by atoms with Crippen molar-refractivity contribution >= 4 is 21.4 Å². The Bertz CT molecular complexity index is 532. The van der Waals surface area contributed by atoms with Crippen molar-refractivity contribution in [1.29, 1.82) is 0 Å². The Hall–Kier alpha value is -1.19. The first-order chi connectivity index (χ1) is 8.74. The number of rotatable bonds is 6. The van der Waals surface area contributed by atoms with Gasteiger partial charge in [-0.3, -0.25) is 0 Å². The van der Waals surface area contributed by atoms with Crippen LogP contribution in [-0.4, -0.2) is 7.05 Å². The van der Waals surface area contributed by atoms with E-state index in [0.29, 0.717) is 6.04 Å². The number of benzene rings is 1. The topological polar surface area (TPSA) is 12.0 Å². The highest BCUT2D eigenvalue weighted by atomic mass is 32.1. The summed E-state index contributed by atoms with van der Waals surface area (Å²) in [5, 5.41) is 4.33. The van der Waals surface area contributed by atoms with E-state index in [2.05, 4.69) is 18.0 Å². The molecular formula is C15H18FNS. The number of allylic oxidation sites excluding steroid dienone is 1. The summed E-state index contributed by atoms with van der Waals surface area (Å²) in [6.07, 6.45) is 5.19. The molecule has 2 aromatic rings. The standard InChI is InChI=1S/C15H18FNS/c1-3-4-5-6-13(17-2)15-10-11-9-12(16)7-8-14(11)18-15/h3,7-10,13,17H,1,4-6H2,2H3. The third-order valence-electron chi connectivity index (χ3n) is 3.09. The SMILES string of the molecule is C=CCCCC(NC)c1cc2cc(F)ccc2s1. The van der Waals surface area contributed by atoms with Crippen molar-refractivity contribution in [2.75, 3.05) is 7.05 Å². The van der Waals surface area contributed by atoms with E-state index in [0.717, 1.165) is 29.3 Å². The smallest absolute Gasteiger partial charge is 0.123 e. The molecule has 2 rings (SSSR count). The highest BCUT2D eigenvalue weighted by Gasteiger charge is 2.12. The molecule has 3 heteroatoms. The summed E-state index contributed by atoms with van der Waals surface area (Å²) in [6, 6.07) is 7.43. The number of unbranched alkanes of at least 4 members (excludes halogenated alkanes) is 1. The van der Waals surface area contributed by atoms with E-state index in [4.69, 9.17) is 0 Å². The number of fused-ring (bicyclic) bond motifs is 1. The number of thiophene rings is 1. The van der Waals surface area contributed by atoms with Gasteiger partial charge in [-0.1, -0.05) is 6.08 Å². The summed E-state index contributed by atoms with van der Waals surface area (Å²) in [5.41, 5.74) is 0. The molecule has 0 aliphatic rings. The molecule has 1 nitrogen and oxygen atoms in total. The predicted octanol–water partition coefficient (Wildman–Crippen LogP) is 4.66. The molecule has 96 valence electrons. The fourth-order valence-electron chi connectivity index (χ4n) is 2.10. The summed E-state index contributed by atoms with van der Waals surface area (Å²) in [5.74, 6) is -0.167. The molecule has 0 amide bonds. The van der Waals surface area contributed by atoms with Gasteiger partial charge in [-0.25, -0.2) is 4.39 Å². The minimum Gasteiger partial charge on any atom is -0.312 e. The van der Waals surface area contributed by atoms with Gasteiger partial charge in [0.2, 0.25) is 0 Å². The normalized spacial score (nSPS) is 12.8. The first kappa shape index (κ1) is 13.2. The van der Waals surface area contributed by atoms with Gasteiger partial charge in [0.05, 0.1) is 0 Å². The summed E-state index contributed by atoms with van der Waals surface area (Å²) in [6.45, 7) is 3.74. The molecule has 0 radical (unpaired) electrons. The zero-order chi connectivity index (χ0) is 13.0. The summed E-state index contributed by atoms with van der Waals surface area (Å²) >= 11 is 1.74. The van der Waals surface area contributed by atoms with Crippen LogP contribution in [0.4, 0.5) is 4.39 Å². The van der Waals surface area contributed by atoms with E-state index in [1.165, 1.54) is 10.9 Å². The van der Waals surface area contributed by atoms with E-state index < -0.39 is 0 Å². The van der Waals surface area contributed by atoms with Crippen LogP contribution in [0.15, 0.2) is 36.9 Å². The van der Waals surface area contributed by atoms with Gasteiger partial charge in [-0.2, -0.15) is 0 Å². The van der Waals surface area contributed by atoms with Crippen molar-refractivity contribution in [3.05, 3.63) is 47.6 Å². The fraction of sp³-hybridized carbons (Fsp3) is 0.333. The lowest BCUT2D eigenvalue weighted by molar-refractivity contribution is 0.538. The van der Waals surface area contributed by atoms with Crippen molar-refractivity contribution in [3.63, 3.8) is 0 Å². The first-order valence-corrected chi connectivity index (χ1v) is 7.03. The van der Waals surface area contributed by atoms with Crippen LogP contribution < -0.4 is 5.32 Å². The molecular weight excluding hydrogens is 245 g/mol. The van der Waals surface area contributed by atoms with Crippen LogP contribution in [-0.2, 0) is 0 Å². The third kappa shape index (κ3) is 2.98. The Morgan fingerprint density at radius 3 is 3.00 bits per heavy atom. The van der Waals surface area contributed by atoms with Crippen molar-refractivity contribution < 1.29 is 4.39 Å². The molecule has 0 aliphatic carbocycles. The number of hydrogen-bond acceptors (Lipinski definition) is 2. The van der Waals surface area contributed by atoms with Gasteiger partial charge in [0.15, 0.2) is 0 Å². The Labute approximate surface area is 111 Å². The average Bonchev–Trinajstić information content (AvgIpc) is 2.77. The Balaban J connectivity index is 2.19. The third-order valence-corrected chi connectivity index (χ3v) is 4.32. The minimum absolute atomic E-state index is 0.167. The first-order valence-electron chi connectivity index (χ1n) is 6.21. The molecule has 0 bridgehead atoms. The Morgan fingerprint density at radius 1 is 1.44 bits per heavy atom. The van der Waals surface area contributed by atoms with Crippen molar-refractivity contribution in [3.8, 4) is 0 Å². The number of halogens is 1. The summed E-state index contributed by atoms with van der Waals surface area (Å²) < 4.78 is 14.3. The molecule has 1 heterocycles. The quantitative estimate of drug-likeness (QED) is 0.590. The summed E-state index contributed by atoms with van der Waals surface area (Å²) in [4.78, 5) is 1.28. The minimum atomic E-state index is -0.167. The number of nitrogens with one attached hydrogen (secondary N) is 1. The van der Waals surface area contributed by atoms with Gasteiger partial charge in [0.1, 0.15) is 5.82 Å². The van der Waals surface area contributed by atoms with Gasteiger partial charge >= 0.3 is 0 Å². The molecule has 0 fully saturated rings. The molecule has 0 saturated carbocycles. The second-order valence-corrected chi connectivity index (χ2v) is 5.51. The van der Waals surface area contributed by atoms with Gasteiger partial charge in [0.25, 0.3) is 0 Å². The second-order valence-electron chi connectivity index (χ2n) is 4.39. The molecule has 0 spiro atoms. The van der Waals surface area contributed by atoms with Crippen molar-refractivity contribution in [2.24, 2.45) is 0 Å². The van der Waals surface area contributed by atoms with Crippen LogP contribution in [0, 0.1) is 5.82 Å². The maximum atomic E-state index is 13.2. The zero-order valence-corrected chi connectivity index (χ0v) is 11.4. The fourth-order valence-corrected chi connectivity index (χ4v) is 3.29. The maximum Gasteiger partial charge on any atom is 0.123 e. The maximum absolute atomic E-state index is 13.2. The van der Waals surface area contributed by atoms with Crippen LogP contribution in [0.25, 0.3) is 10.1 Å². The van der Waals surface area contributed by atoms with Crippen molar-refractivity contribution in [1.82, 2.24) is 5.32 Å². The van der Waals surface area contributed by atoms with Gasteiger partial charge in [-0.15, -0.1) is 17.9 Å². The summed E-state index contributed by atoms with van der Waals surface area (Å²) in [7, 11) is 1.98. The molecule has 1 unspecified atom stereocenters. The van der Waals surface area contributed by atoms with Crippen LogP contribution in [0.2, 0.25) is 0 Å². The van der Waals surface area contributed by atoms with E-state index in [1.807, 2.05) is 19.2 Å². The Kier molecular flexibility index (Phi) is 4.50.